The Bertz CT molecular complexity index is 1100. The smallest absolute Gasteiger partial charge is 0.246 e. The summed E-state index contributed by atoms with van der Waals surface area (Å²) in [5.41, 5.74) is 2.27. The van der Waals surface area contributed by atoms with E-state index >= 15 is 0 Å². The van der Waals surface area contributed by atoms with Crippen molar-refractivity contribution in [2.45, 2.75) is 0 Å². The first-order valence-corrected chi connectivity index (χ1v) is 9.31. The van der Waals surface area contributed by atoms with Gasteiger partial charge in [-0.05, 0) is 23.8 Å². The van der Waals surface area contributed by atoms with E-state index in [1.54, 1.807) is 23.9 Å². The summed E-state index contributed by atoms with van der Waals surface area (Å²) in [5, 5.41) is 8.19. The third-order valence-corrected chi connectivity index (χ3v) is 5.07. The number of nitrogens with zero attached hydrogens (tertiary/aromatic N) is 7. The lowest BCUT2D eigenvalue weighted by Gasteiger charge is -2.34. The first kappa shape index (κ1) is 17.4. The highest BCUT2D eigenvalue weighted by molar-refractivity contribution is 5.92. The number of benzene rings is 1. The van der Waals surface area contributed by atoms with Gasteiger partial charge in [0.25, 0.3) is 0 Å². The third kappa shape index (κ3) is 3.22. The van der Waals surface area contributed by atoms with Crippen molar-refractivity contribution in [1.29, 1.82) is 0 Å². The van der Waals surface area contributed by atoms with Crippen molar-refractivity contribution < 1.29 is 14.3 Å². The number of piperazine rings is 1. The maximum absolute atomic E-state index is 12.6. The molecule has 0 N–H and O–H groups in total. The lowest BCUT2D eigenvalue weighted by Crippen LogP contribution is -2.48. The van der Waals surface area contributed by atoms with Gasteiger partial charge in [-0.15, -0.1) is 5.10 Å². The van der Waals surface area contributed by atoms with Crippen LogP contribution in [-0.2, 0) is 11.8 Å². The first-order chi connectivity index (χ1) is 14.2. The molecule has 1 saturated heterocycles. The number of carbonyl (C=O) groups is 1. The Morgan fingerprint density at radius 3 is 2.79 bits per heavy atom. The lowest BCUT2D eigenvalue weighted by atomic mass is 10.2. The van der Waals surface area contributed by atoms with Crippen LogP contribution in [0.2, 0.25) is 0 Å². The van der Waals surface area contributed by atoms with E-state index in [0.29, 0.717) is 43.1 Å². The third-order valence-electron chi connectivity index (χ3n) is 5.07. The molecule has 2 aliphatic heterocycles. The number of anilines is 1. The number of hydrogen-bond acceptors (Lipinski definition) is 8. The minimum atomic E-state index is -0.0188. The number of amides is 1. The summed E-state index contributed by atoms with van der Waals surface area (Å²) in [4.78, 5) is 25.1. The van der Waals surface area contributed by atoms with Gasteiger partial charge in [-0.2, -0.15) is 0 Å². The van der Waals surface area contributed by atoms with E-state index < -0.39 is 0 Å². The molecule has 0 saturated carbocycles. The Morgan fingerprint density at radius 1 is 1.10 bits per heavy atom. The van der Waals surface area contributed by atoms with Crippen LogP contribution in [0.25, 0.3) is 17.2 Å². The van der Waals surface area contributed by atoms with Gasteiger partial charge in [-0.25, -0.2) is 14.6 Å². The molecule has 1 amide bonds. The summed E-state index contributed by atoms with van der Waals surface area (Å²) in [7, 11) is 1.80. The van der Waals surface area contributed by atoms with Crippen molar-refractivity contribution in [1.82, 2.24) is 29.9 Å². The van der Waals surface area contributed by atoms with Gasteiger partial charge < -0.3 is 19.3 Å². The first-order valence-electron chi connectivity index (χ1n) is 9.31. The van der Waals surface area contributed by atoms with E-state index in [9.17, 15) is 4.79 Å². The van der Waals surface area contributed by atoms with Gasteiger partial charge in [0, 0.05) is 39.3 Å². The van der Waals surface area contributed by atoms with Gasteiger partial charge in [0.05, 0.1) is 0 Å². The lowest BCUT2D eigenvalue weighted by molar-refractivity contribution is -0.126. The molecule has 148 valence electrons. The van der Waals surface area contributed by atoms with Crippen LogP contribution in [0.1, 0.15) is 5.56 Å². The Hall–Kier alpha value is -3.69. The van der Waals surface area contributed by atoms with Crippen molar-refractivity contribution in [3.63, 3.8) is 0 Å². The average molecular weight is 393 g/mol. The normalized spacial score (nSPS) is 16.2. The maximum Gasteiger partial charge on any atom is 0.246 e. The summed E-state index contributed by atoms with van der Waals surface area (Å²) < 4.78 is 12.3. The van der Waals surface area contributed by atoms with Crippen molar-refractivity contribution >= 4 is 29.0 Å². The molecule has 0 unspecified atom stereocenters. The molecule has 0 radical (unpaired) electrons. The van der Waals surface area contributed by atoms with E-state index in [0.717, 1.165) is 17.1 Å². The van der Waals surface area contributed by atoms with Gasteiger partial charge in [-0.1, -0.05) is 11.3 Å². The SMILES string of the molecule is Cn1nnc2c(N3CCN(C(=O)/C=C\c4ccc5c(c4)OCO5)CC3)ncnc21. The minimum Gasteiger partial charge on any atom is -0.454 e. The largest absolute Gasteiger partial charge is 0.454 e. The molecule has 1 fully saturated rings. The summed E-state index contributed by atoms with van der Waals surface area (Å²) in [6.07, 6.45) is 4.91. The van der Waals surface area contributed by atoms with E-state index in [1.807, 2.05) is 23.1 Å². The molecule has 4 heterocycles. The molecule has 0 bridgehead atoms. The number of fused-ring (bicyclic) bond motifs is 2. The zero-order chi connectivity index (χ0) is 19.8. The molecular weight excluding hydrogens is 374 g/mol. The molecule has 29 heavy (non-hydrogen) atoms. The summed E-state index contributed by atoms with van der Waals surface area (Å²) in [6, 6.07) is 5.61. The van der Waals surface area contributed by atoms with Crippen LogP contribution >= 0.6 is 0 Å². The van der Waals surface area contributed by atoms with Crippen LogP contribution < -0.4 is 14.4 Å². The maximum atomic E-state index is 12.6. The second-order valence-electron chi connectivity index (χ2n) is 6.84. The molecule has 1 aromatic carbocycles. The monoisotopic (exact) mass is 393 g/mol. The number of ether oxygens (including phenoxy) is 2. The van der Waals surface area contributed by atoms with Crippen molar-refractivity contribution in [2.24, 2.45) is 7.05 Å². The molecule has 2 aliphatic rings. The summed E-state index contributed by atoms with van der Waals surface area (Å²) >= 11 is 0. The van der Waals surface area contributed by atoms with E-state index in [2.05, 4.69) is 25.2 Å². The number of aromatic nitrogens is 5. The number of hydrogen-bond donors (Lipinski definition) is 0. The average Bonchev–Trinajstić information content (AvgIpc) is 3.38. The van der Waals surface area contributed by atoms with E-state index in [-0.39, 0.29) is 12.7 Å². The van der Waals surface area contributed by atoms with Gasteiger partial charge in [0.1, 0.15) is 6.33 Å². The fourth-order valence-corrected chi connectivity index (χ4v) is 3.50. The van der Waals surface area contributed by atoms with Crippen LogP contribution in [0, 0.1) is 0 Å². The topological polar surface area (TPSA) is 98.5 Å². The molecule has 0 atom stereocenters. The molecule has 2 aromatic heterocycles. The molecule has 3 aromatic rings. The van der Waals surface area contributed by atoms with Gasteiger partial charge in [-0.3, -0.25) is 4.79 Å². The molecule has 10 nitrogen and oxygen atoms in total. The van der Waals surface area contributed by atoms with Crippen molar-refractivity contribution in [2.75, 3.05) is 37.9 Å². The second-order valence-corrected chi connectivity index (χ2v) is 6.84. The van der Waals surface area contributed by atoms with Crippen molar-refractivity contribution in [3.8, 4) is 11.5 Å². The van der Waals surface area contributed by atoms with Gasteiger partial charge in [0.2, 0.25) is 12.7 Å². The predicted molar refractivity (Wildman–Crippen MR) is 104 cm³/mol. The van der Waals surface area contributed by atoms with Crippen LogP contribution in [-0.4, -0.2) is 68.7 Å². The number of carbonyl (C=O) groups excluding carboxylic acids is 1. The zero-order valence-corrected chi connectivity index (χ0v) is 15.9. The Kier molecular flexibility index (Phi) is 4.23. The summed E-state index contributed by atoms with van der Waals surface area (Å²) in [6.45, 7) is 2.80. The molecule has 5 rings (SSSR count). The van der Waals surface area contributed by atoms with Crippen molar-refractivity contribution in [3.05, 3.63) is 36.2 Å². The van der Waals surface area contributed by atoms with Crippen LogP contribution in [0.3, 0.4) is 0 Å². The highest BCUT2D eigenvalue weighted by Crippen LogP contribution is 2.32. The molecular formula is C19H19N7O3. The quantitative estimate of drug-likeness (QED) is 0.604. The fourth-order valence-electron chi connectivity index (χ4n) is 3.50. The fraction of sp³-hybridized carbons (Fsp3) is 0.316. The van der Waals surface area contributed by atoms with Crippen LogP contribution in [0.4, 0.5) is 5.82 Å². The second kappa shape index (κ2) is 7.04. The molecule has 0 spiro atoms. The predicted octanol–water partition coefficient (Wildman–Crippen LogP) is 0.849. The summed E-state index contributed by atoms with van der Waals surface area (Å²) in [5.74, 6) is 2.17. The Balaban J connectivity index is 1.24. The number of rotatable bonds is 3. The molecule has 0 aliphatic carbocycles. The van der Waals surface area contributed by atoms with Gasteiger partial charge in [0.15, 0.2) is 28.5 Å². The zero-order valence-electron chi connectivity index (χ0n) is 15.9. The Morgan fingerprint density at radius 2 is 1.93 bits per heavy atom. The highest BCUT2D eigenvalue weighted by Gasteiger charge is 2.23. The minimum absolute atomic E-state index is 0.0188. The molecule has 10 heteroatoms. The van der Waals surface area contributed by atoms with Crippen LogP contribution in [0.5, 0.6) is 11.5 Å². The van der Waals surface area contributed by atoms with E-state index in [4.69, 9.17) is 9.47 Å². The number of aryl methyl sites for hydroxylation is 1. The highest BCUT2D eigenvalue weighted by atomic mass is 16.7. The Labute approximate surface area is 166 Å². The van der Waals surface area contributed by atoms with Crippen LogP contribution in [0.15, 0.2) is 30.6 Å². The van der Waals surface area contributed by atoms with E-state index in [1.165, 1.54) is 6.33 Å². The standard InChI is InChI=1S/C19H19N7O3/c1-24-18-17(22-23-24)19(21-11-20-18)26-8-6-25(7-9-26)16(27)5-3-13-2-4-14-15(10-13)29-12-28-14/h2-5,10-11H,6-9,12H2,1H3/b5-3-. The van der Waals surface area contributed by atoms with Gasteiger partial charge >= 0.3 is 0 Å².